The van der Waals surface area contributed by atoms with E-state index in [1.807, 2.05) is 6.92 Å². The van der Waals surface area contributed by atoms with E-state index in [2.05, 4.69) is 6.92 Å². The van der Waals surface area contributed by atoms with Crippen LogP contribution in [0.4, 0.5) is 13.2 Å². The highest BCUT2D eigenvalue weighted by Gasteiger charge is 2.63. The van der Waals surface area contributed by atoms with Gasteiger partial charge in [-0.15, -0.1) is 0 Å². The second-order valence-corrected chi connectivity index (χ2v) is 10.7. The molecular formula is C23H31F3O4. The molecule has 4 rings (SSSR count). The first-order valence-electron chi connectivity index (χ1n) is 11.2. The maximum absolute atomic E-state index is 13.1. The molecule has 0 aliphatic heterocycles. The monoisotopic (exact) mass is 428 g/mol. The van der Waals surface area contributed by atoms with Gasteiger partial charge in [0.25, 0.3) is 0 Å². The van der Waals surface area contributed by atoms with Gasteiger partial charge in [-0.2, -0.15) is 13.2 Å². The lowest BCUT2D eigenvalue weighted by Crippen LogP contribution is -2.57. The number of Topliss-reactive ketones (excluding diaryl/α,β-unsaturated/α-hetero) is 2. The lowest BCUT2D eigenvalue weighted by atomic mass is 9.44. The first-order chi connectivity index (χ1) is 13.9. The van der Waals surface area contributed by atoms with E-state index >= 15 is 0 Å². The summed E-state index contributed by atoms with van der Waals surface area (Å²) in [6.45, 7) is 5.66. The van der Waals surface area contributed by atoms with Gasteiger partial charge >= 0.3 is 12.1 Å². The maximum atomic E-state index is 13.1. The molecule has 0 aromatic carbocycles. The van der Waals surface area contributed by atoms with Gasteiger partial charge in [0.15, 0.2) is 0 Å². The Labute approximate surface area is 175 Å². The summed E-state index contributed by atoms with van der Waals surface area (Å²) < 4.78 is 45.0. The normalized spacial score (nSPS) is 45.9. The maximum Gasteiger partial charge on any atom is 0.450 e. The molecule has 4 aliphatic rings. The Balaban J connectivity index is 1.60. The van der Waals surface area contributed by atoms with E-state index in [0.717, 1.165) is 38.5 Å². The third kappa shape index (κ3) is 3.22. The Bertz CT molecular complexity index is 762. The topological polar surface area (TPSA) is 60.4 Å². The summed E-state index contributed by atoms with van der Waals surface area (Å²) in [5.41, 5.74) is -0.523. The quantitative estimate of drug-likeness (QED) is 0.464. The minimum absolute atomic E-state index is 0.0207. The number of hydrogen-bond donors (Lipinski definition) is 0. The van der Waals surface area contributed by atoms with E-state index in [1.54, 1.807) is 0 Å². The number of halogens is 3. The molecule has 0 unspecified atom stereocenters. The van der Waals surface area contributed by atoms with Gasteiger partial charge in [0.05, 0.1) is 5.92 Å². The Hall–Kier alpha value is -1.40. The van der Waals surface area contributed by atoms with Crippen molar-refractivity contribution in [3.8, 4) is 0 Å². The van der Waals surface area contributed by atoms with Crippen LogP contribution in [-0.4, -0.2) is 29.8 Å². The third-order valence-electron chi connectivity index (χ3n) is 9.36. The lowest BCUT2D eigenvalue weighted by molar-refractivity contribution is -0.185. The molecule has 4 nitrogen and oxygen atoms in total. The molecule has 0 heterocycles. The van der Waals surface area contributed by atoms with E-state index in [0.29, 0.717) is 11.8 Å². The Morgan fingerprint density at radius 3 is 2.30 bits per heavy atom. The molecule has 4 saturated carbocycles. The number of ketones is 2. The van der Waals surface area contributed by atoms with Gasteiger partial charge < -0.3 is 4.74 Å². The van der Waals surface area contributed by atoms with Gasteiger partial charge in [0.1, 0.15) is 11.9 Å². The minimum atomic E-state index is -4.97. The second-order valence-electron chi connectivity index (χ2n) is 10.7. The predicted octanol–water partition coefficient (Wildman–Crippen LogP) is 4.89. The third-order valence-corrected chi connectivity index (χ3v) is 9.36. The molecule has 0 bridgehead atoms. The molecule has 4 fully saturated rings. The predicted molar refractivity (Wildman–Crippen MR) is 102 cm³/mol. The number of alkyl halides is 3. The summed E-state index contributed by atoms with van der Waals surface area (Å²) in [7, 11) is 0. The van der Waals surface area contributed by atoms with Crippen LogP contribution in [0, 0.1) is 40.4 Å². The van der Waals surface area contributed by atoms with E-state index in [4.69, 9.17) is 4.74 Å². The molecule has 30 heavy (non-hydrogen) atoms. The summed E-state index contributed by atoms with van der Waals surface area (Å²) in [5, 5.41) is 0. The smallest absolute Gasteiger partial charge is 0.450 e. The second kappa shape index (κ2) is 7.06. The van der Waals surface area contributed by atoms with Crippen molar-refractivity contribution in [1.82, 2.24) is 0 Å². The van der Waals surface area contributed by atoms with Gasteiger partial charge in [-0.05, 0) is 74.0 Å². The van der Waals surface area contributed by atoms with E-state index in [1.165, 1.54) is 6.92 Å². The zero-order chi connectivity index (χ0) is 22.1. The summed E-state index contributed by atoms with van der Waals surface area (Å²) in [6, 6.07) is 0. The molecule has 8 atom stereocenters. The lowest BCUT2D eigenvalue weighted by Gasteiger charge is -2.60. The van der Waals surface area contributed by atoms with Gasteiger partial charge in [0.2, 0.25) is 5.78 Å². The summed E-state index contributed by atoms with van der Waals surface area (Å²) in [6.07, 6.45) is 0.332. The molecule has 0 saturated heterocycles. The first-order valence-corrected chi connectivity index (χ1v) is 11.2. The number of esters is 1. The van der Waals surface area contributed by atoms with Crippen LogP contribution < -0.4 is 0 Å². The van der Waals surface area contributed by atoms with E-state index < -0.39 is 29.1 Å². The molecule has 0 spiro atoms. The average Bonchev–Trinajstić information content (AvgIpc) is 2.96. The van der Waals surface area contributed by atoms with E-state index in [9.17, 15) is 27.6 Å². The number of hydrogen-bond acceptors (Lipinski definition) is 4. The fourth-order valence-electron chi connectivity index (χ4n) is 7.91. The summed E-state index contributed by atoms with van der Waals surface area (Å²) >= 11 is 0. The molecule has 0 aromatic heterocycles. The highest BCUT2D eigenvalue weighted by Crippen LogP contribution is 2.66. The van der Waals surface area contributed by atoms with Crippen molar-refractivity contribution < 1.29 is 32.3 Å². The van der Waals surface area contributed by atoms with Crippen molar-refractivity contribution in [2.75, 3.05) is 0 Å². The zero-order valence-electron chi connectivity index (χ0n) is 17.9. The number of carbonyl (C=O) groups is 3. The number of rotatable bonds is 2. The summed E-state index contributed by atoms with van der Waals surface area (Å²) in [4.78, 5) is 36.0. The number of ether oxygens (including phenoxy) is 1. The van der Waals surface area contributed by atoms with Crippen molar-refractivity contribution in [2.24, 2.45) is 40.4 Å². The highest BCUT2D eigenvalue weighted by molar-refractivity contribution is 6.05. The Morgan fingerprint density at radius 2 is 1.67 bits per heavy atom. The molecular weight excluding hydrogens is 397 g/mol. The van der Waals surface area contributed by atoms with Crippen molar-refractivity contribution >= 4 is 17.5 Å². The van der Waals surface area contributed by atoms with Crippen LogP contribution in [-0.2, 0) is 19.1 Å². The zero-order valence-corrected chi connectivity index (χ0v) is 17.9. The van der Waals surface area contributed by atoms with Gasteiger partial charge in [-0.3, -0.25) is 14.4 Å². The fraction of sp³-hybridized carbons (Fsp3) is 0.870. The van der Waals surface area contributed by atoms with Gasteiger partial charge in [-0.25, -0.2) is 0 Å². The van der Waals surface area contributed by atoms with Crippen molar-refractivity contribution in [1.29, 1.82) is 0 Å². The fourth-order valence-corrected chi connectivity index (χ4v) is 7.91. The molecule has 0 radical (unpaired) electrons. The Morgan fingerprint density at radius 1 is 1.00 bits per heavy atom. The molecule has 0 aromatic rings. The highest BCUT2D eigenvalue weighted by atomic mass is 19.4. The van der Waals surface area contributed by atoms with Crippen molar-refractivity contribution in [3.63, 3.8) is 0 Å². The van der Waals surface area contributed by atoms with Crippen LogP contribution in [0.3, 0.4) is 0 Å². The van der Waals surface area contributed by atoms with Crippen molar-refractivity contribution in [3.05, 3.63) is 0 Å². The van der Waals surface area contributed by atoms with Crippen LogP contribution >= 0.6 is 0 Å². The molecule has 0 amide bonds. The largest absolute Gasteiger partial charge is 0.462 e. The van der Waals surface area contributed by atoms with Crippen LogP contribution in [0.2, 0.25) is 0 Å². The number of fused-ring (bicyclic) bond motifs is 5. The Kier molecular flexibility index (Phi) is 5.13. The minimum Gasteiger partial charge on any atom is -0.462 e. The van der Waals surface area contributed by atoms with Crippen LogP contribution in [0.5, 0.6) is 0 Å². The SMILES string of the molecule is CC(=O)O[C@@H]1CC[C@H]2[C@@H]3CC[C@H]4CC(=O)[C@@H](C(=O)C(F)(F)F)C[C@]4(C)[C@H]3CC[C@]12C. The molecule has 7 heteroatoms. The standard InChI is InChI=1S/C23H31F3O4/c1-12(27)30-19-7-6-16-14-5-4-13-10-18(28)15(20(29)23(24,25)26)11-22(13,3)17(14)8-9-21(16,19)2/h13-17,19H,4-11H2,1-3H3/t13-,14-,15-,16-,17-,19+,21-,22-/m0/s1. The number of carbonyl (C=O) groups excluding carboxylic acids is 3. The van der Waals surface area contributed by atoms with Crippen LogP contribution in [0.25, 0.3) is 0 Å². The average molecular weight is 428 g/mol. The van der Waals surface area contributed by atoms with Gasteiger partial charge in [0, 0.05) is 18.8 Å². The van der Waals surface area contributed by atoms with Gasteiger partial charge in [-0.1, -0.05) is 13.8 Å². The van der Waals surface area contributed by atoms with Crippen LogP contribution in [0.15, 0.2) is 0 Å². The van der Waals surface area contributed by atoms with Crippen LogP contribution in [0.1, 0.15) is 72.1 Å². The molecule has 4 aliphatic carbocycles. The molecule has 168 valence electrons. The summed E-state index contributed by atoms with van der Waals surface area (Å²) in [5.74, 6) is -3.23. The van der Waals surface area contributed by atoms with Crippen molar-refractivity contribution in [2.45, 2.75) is 84.4 Å². The van der Waals surface area contributed by atoms with E-state index in [-0.39, 0.29) is 42.2 Å². The first kappa shape index (κ1) is 21.8. The molecule has 0 N–H and O–H groups in total.